The number of rotatable bonds is 4. The van der Waals surface area contributed by atoms with Crippen molar-refractivity contribution in [2.24, 2.45) is 0 Å². The van der Waals surface area contributed by atoms with Crippen LogP contribution in [0.25, 0.3) is 33.7 Å². The van der Waals surface area contributed by atoms with Gasteiger partial charge in [0.2, 0.25) is 0 Å². The van der Waals surface area contributed by atoms with E-state index >= 15 is 0 Å². The maximum absolute atomic E-state index is 13.2. The van der Waals surface area contributed by atoms with Gasteiger partial charge in [0.05, 0.1) is 21.7 Å². The first kappa shape index (κ1) is 23.9. The van der Waals surface area contributed by atoms with Crippen molar-refractivity contribution in [1.82, 2.24) is 4.98 Å². The van der Waals surface area contributed by atoms with Crippen LogP contribution in [0.15, 0.2) is 89.3 Å². The molecule has 5 rings (SSSR count). The molecule has 0 radical (unpaired) electrons. The third-order valence-corrected chi connectivity index (χ3v) is 6.05. The van der Waals surface area contributed by atoms with Crippen molar-refractivity contribution in [3.05, 3.63) is 106 Å². The molecule has 2 aromatic heterocycles. The number of hydrogen-bond acceptors (Lipinski definition) is 3. The minimum Gasteiger partial charge on any atom is -0.454 e. The van der Waals surface area contributed by atoms with Gasteiger partial charge < -0.3 is 9.73 Å². The second kappa shape index (κ2) is 9.33. The molecule has 4 nitrogen and oxygen atoms in total. The molecule has 0 aliphatic rings. The van der Waals surface area contributed by atoms with Crippen LogP contribution in [-0.4, -0.2) is 10.9 Å². The van der Waals surface area contributed by atoms with Gasteiger partial charge in [-0.2, -0.15) is 13.2 Å². The first-order valence-electron chi connectivity index (χ1n) is 10.6. The second-order valence-electron chi connectivity index (χ2n) is 7.89. The third kappa shape index (κ3) is 4.80. The Morgan fingerprint density at radius 3 is 2.33 bits per heavy atom. The molecule has 0 atom stereocenters. The standard InChI is InChI=1S/C27H15Cl2F3N2O2/c28-16-7-10-21(29)20(13-16)24-11-12-25(36-24)23-14-19(18-3-1-2-4-22(18)34-23)26(35)33-17-8-5-15(6-9-17)27(30,31)32/h1-14H,(H,33,35). The number of alkyl halides is 3. The number of hydrogen-bond donors (Lipinski definition) is 1. The molecule has 0 saturated heterocycles. The van der Waals surface area contributed by atoms with Gasteiger partial charge in [0.1, 0.15) is 11.5 Å². The Morgan fingerprint density at radius 2 is 1.58 bits per heavy atom. The Labute approximate surface area is 213 Å². The fraction of sp³-hybridized carbons (Fsp3) is 0.0370. The lowest BCUT2D eigenvalue weighted by Crippen LogP contribution is -2.13. The molecule has 5 aromatic rings. The largest absolute Gasteiger partial charge is 0.454 e. The molecule has 0 fully saturated rings. The third-order valence-electron chi connectivity index (χ3n) is 5.48. The lowest BCUT2D eigenvalue weighted by molar-refractivity contribution is -0.137. The molecule has 0 unspecified atom stereocenters. The molecule has 0 aliphatic heterocycles. The highest BCUT2D eigenvalue weighted by molar-refractivity contribution is 6.35. The number of pyridine rings is 1. The summed E-state index contributed by atoms with van der Waals surface area (Å²) in [7, 11) is 0. The number of carbonyl (C=O) groups is 1. The van der Waals surface area contributed by atoms with Crippen LogP contribution in [0.1, 0.15) is 15.9 Å². The summed E-state index contributed by atoms with van der Waals surface area (Å²) >= 11 is 12.4. The highest BCUT2D eigenvalue weighted by Gasteiger charge is 2.30. The minimum atomic E-state index is -4.46. The quantitative estimate of drug-likeness (QED) is 0.254. The fourth-order valence-electron chi connectivity index (χ4n) is 3.74. The van der Waals surface area contributed by atoms with Crippen molar-refractivity contribution >= 4 is 45.7 Å². The topological polar surface area (TPSA) is 55.1 Å². The van der Waals surface area contributed by atoms with E-state index in [9.17, 15) is 18.0 Å². The summed E-state index contributed by atoms with van der Waals surface area (Å²) in [6.45, 7) is 0. The van der Waals surface area contributed by atoms with Gasteiger partial charge in [-0.1, -0.05) is 41.4 Å². The summed E-state index contributed by atoms with van der Waals surface area (Å²) < 4.78 is 44.6. The van der Waals surface area contributed by atoms with Crippen LogP contribution < -0.4 is 5.32 Å². The van der Waals surface area contributed by atoms with E-state index in [1.807, 2.05) is 0 Å². The highest BCUT2D eigenvalue weighted by Crippen LogP contribution is 2.35. The van der Waals surface area contributed by atoms with Crippen molar-refractivity contribution in [2.75, 3.05) is 5.32 Å². The average Bonchev–Trinajstić information content (AvgIpc) is 3.35. The van der Waals surface area contributed by atoms with Gasteiger partial charge in [0.25, 0.3) is 5.91 Å². The van der Waals surface area contributed by atoms with Crippen molar-refractivity contribution < 1.29 is 22.4 Å². The zero-order valence-electron chi connectivity index (χ0n) is 18.2. The summed E-state index contributed by atoms with van der Waals surface area (Å²) in [5.74, 6) is 0.373. The van der Waals surface area contributed by atoms with Crippen LogP contribution in [0.3, 0.4) is 0 Å². The molecular weight excluding hydrogens is 512 g/mol. The van der Waals surface area contributed by atoms with Crippen molar-refractivity contribution in [1.29, 1.82) is 0 Å². The van der Waals surface area contributed by atoms with E-state index in [0.29, 0.717) is 43.7 Å². The molecule has 0 saturated carbocycles. The number of benzene rings is 3. The monoisotopic (exact) mass is 526 g/mol. The highest BCUT2D eigenvalue weighted by atomic mass is 35.5. The molecule has 1 amide bonds. The molecule has 36 heavy (non-hydrogen) atoms. The van der Waals surface area contributed by atoms with Crippen LogP contribution in [0.4, 0.5) is 18.9 Å². The van der Waals surface area contributed by atoms with Gasteiger partial charge in [-0.25, -0.2) is 4.98 Å². The Hall–Kier alpha value is -3.81. The second-order valence-corrected chi connectivity index (χ2v) is 8.73. The molecule has 0 bridgehead atoms. The summed E-state index contributed by atoms with van der Waals surface area (Å²) in [5.41, 5.74) is 1.27. The Balaban J connectivity index is 1.51. The van der Waals surface area contributed by atoms with Gasteiger partial charge in [-0.05, 0) is 66.7 Å². The predicted molar refractivity (Wildman–Crippen MR) is 134 cm³/mol. The molecule has 3 aromatic carbocycles. The number of para-hydroxylation sites is 1. The van der Waals surface area contributed by atoms with E-state index in [4.69, 9.17) is 27.6 Å². The lowest BCUT2D eigenvalue weighted by atomic mass is 10.1. The van der Waals surface area contributed by atoms with E-state index in [2.05, 4.69) is 10.3 Å². The maximum atomic E-state index is 13.2. The number of anilines is 1. The van der Waals surface area contributed by atoms with Crippen molar-refractivity contribution in [3.8, 4) is 22.8 Å². The summed E-state index contributed by atoms with van der Waals surface area (Å²) in [4.78, 5) is 17.8. The maximum Gasteiger partial charge on any atom is 0.416 e. The van der Waals surface area contributed by atoms with Crippen LogP contribution in [0.2, 0.25) is 10.0 Å². The molecule has 9 heteroatoms. The summed E-state index contributed by atoms with van der Waals surface area (Å²) in [6, 6.07) is 21.3. The fourth-order valence-corrected chi connectivity index (χ4v) is 4.12. The number of aromatic nitrogens is 1. The number of amides is 1. The first-order chi connectivity index (χ1) is 17.2. The number of furan rings is 1. The number of nitrogens with one attached hydrogen (secondary N) is 1. The summed E-state index contributed by atoms with van der Waals surface area (Å²) in [6.07, 6.45) is -4.46. The van der Waals surface area contributed by atoms with Crippen LogP contribution in [0.5, 0.6) is 0 Å². The zero-order valence-corrected chi connectivity index (χ0v) is 19.7. The number of nitrogens with zero attached hydrogens (tertiary/aromatic N) is 1. The zero-order chi connectivity index (χ0) is 25.4. The Bertz CT molecular complexity index is 1600. The van der Waals surface area contributed by atoms with Gasteiger partial charge in [-0.3, -0.25) is 4.79 Å². The number of halogens is 5. The van der Waals surface area contributed by atoms with Crippen LogP contribution in [0, 0.1) is 0 Å². The molecule has 0 aliphatic carbocycles. The Morgan fingerprint density at radius 1 is 0.861 bits per heavy atom. The molecule has 2 heterocycles. The van der Waals surface area contributed by atoms with Crippen LogP contribution >= 0.6 is 23.2 Å². The Kier molecular flexibility index (Phi) is 6.20. The number of carbonyl (C=O) groups excluding carboxylic acids is 1. The van der Waals surface area contributed by atoms with Crippen molar-refractivity contribution in [2.45, 2.75) is 6.18 Å². The smallest absolute Gasteiger partial charge is 0.416 e. The molecule has 1 N–H and O–H groups in total. The molecule has 0 spiro atoms. The average molecular weight is 527 g/mol. The summed E-state index contributed by atoms with van der Waals surface area (Å²) in [5, 5.41) is 4.19. The van der Waals surface area contributed by atoms with Crippen molar-refractivity contribution in [3.63, 3.8) is 0 Å². The SMILES string of the molecule is O=C(Nc1ccc(C(F)(F)F)cc1)c1cc(-c2ccc(-c3cc(Cl)ccc3Cl)o2)nc2ccccc12. The van der Waals surface area contributed by atoms with Gasteiger partial charge >= 0.3 is 6.18 Å². The van der Waals surface area contributed by atoms with E-state index in [-0.39, 0.29) is 11.3 Å². The van der Waals surface area contributed by atoms with E-state index in [1.54, 1.807) is 60.7 Å². The van der Waals surface area contributed by atoms with Gasteiger partial charge in [0, 0.05) is 21.7 Å². The molecular formula is C27H15Cl2F3N2O2. The number of fused-ring (bicyclic) bond motifs is 1. The van der Waals surface area contributed by atoms with E-state index in [1.165, 1.54) is 12.1 Å². The lowest BCUT2D eigenvalue weighted by Gasteiger charge is -2.11. The normalized spacial score (nSPS) is 11.6. The molecule has 180 valence electrons. The first-order valence-corrected chi connectivity index (χ1v) is 11.4. The minimum absolute atomic E-state index is 0.228. The van der Waals surface area contributed by atoms with Crippen LogP contribution in [-0.2, 0) is 6.18 Å². The predicted octanol–water partition coefficient (Wildman–Crippen LogP) is 8.74. The van der Waals surface area contributed by atoms with E-state index in [0.717, 1.165) is 12.1 Å². The van der Waals surface area contributed by atoms with Gasteiger partial charge in [-0.15, -0.1) is 0 Å². The van der Waals surface area contributed by atoms with E-state index < -0.39 is 17.6 Å². The van der Waals surface area contributed by atoms with Gasteiger partial charge in [0.15, 0.2) is 5.76 Å².